The number of ether oxygens (including phenoxy) is 4. The van der Waals surface area contributed by atoms with E-state index in [9.17, 15) is 10.2 Å². The normalized spacial score (nSPS) is 12.6. The highest BCUT2D eigenvalue weighted by atomic mass is 16.5. The van der Waals surface area contributed by atoms with Gasteiger partial charge >= 0.3 is 0 Å². The SMILES string of the molecule is CC(C)(C)c1cc2c(O)c(c1)Cc1cc(C(C)(C)C)cc(c1OCCCCCCCCCCOc1ccc(-c3ccc(C#N)cc3)cc1)Cc1cc(C(C)(C)C)cc(c1O)Cc1cc(C(C)(C)C)cc(c1OCCCCCCCCCCOc1ccc(-c3ccc(C#N)cc3)cc1)C2. The summed E-state index contributed by atoms with van der Waals surface area (Å²) >= 11 is 0. The minimum absolute atomic E-state index is 0.189. The van der Waals surface area contributed by atoms with Gasteiger partial charge in [-0.3, -0.25) is 0 Å². The first-order chi connectivity index (χ1) is 46.8. The molecule has 0 aromatic heterocycles. The van der Waals surface area contributed by atoms with E-state index < -0.39 is 0 Å². The summed E-state index contributed by atoms with van der Waals surface area (Å²) in [5, 5.41) is 44.1. The number of fused-ring (bicyclic) bond motifs is 8. The standard InChI is InChI=1S/C90H110N2O6/c1-87(2,3)77-53-69-49-73-57-79(89(7,8)9)59-75(85(73)97-47-27-23-19-15-13-17-21-25-45-95-81-41-37-67(38-42-81)65-33-29-63(61-91)30-34-65)51-71-55-78(88(4,5)6)56-72(84(71)94)52-76-60-80(90(10,11)12)58-74(50-70(54-77)83(69)93)86(76)98-48-28-24-20-16-14-18-22-26-46-96-82-43-39-68(40-44-82)66-35-31-64(62-92)32-36-66/h29-44,53-60,93-94H,13-28,45-52H2,1-12H3. The van der Waals surface area contributed by atoms with Gasteiger partial charge < -0.3 is 29.2 Å². The Morgan fingerprint density at radius 1 is 0.286 bits per heavy atom. The molecule has 0 fully saturated rings. The molecule has 9 rings (SSSR count). The van der Waals surface area contributed by atoms with Gasteiger partial charge in [-0.25, -0.2) is 0 Å². The summed E-state index contributed by atoms with van der Waals surface area (Å²) in [4.78, 5) is 0. The molecule has 8 bridgehead atoms. The molecule has 8 aromatic rings. The summed E-state index contributed by atoms with van der Waals surface area (Å²) in [6.45, 7) is 29.8. The van der Waals surface area contributed by atoms with Gasteiger partial charge in [0.2, 0.25) is 0 Å². The molecule has 8 nitrogen and oxygen atoms in total. The van der Waals surface area contributed by atoms with E-state index in [-0.39, 0.29) is 21.7 Å². The van der Waals surface area contributed by atoms with Crippen LogP contribution in [0.25, 0.3) is 22.3 Å². The Morgan fingerprint density at radius 3 is 0.714 bits per heavy atom. The first kappa shape index (κ1) is 73.8. The van der Waals surface area contributed by atoms with Crippen molar-refractivity contribution in [3.05, 3.63) is 223 Å². The number of phenolic OH excluding ortho intramolecular Hbond substituents is 2. The summed E-state index contributed by atoms with van der Waals surface area (Å²) in [7, 11) is 0. The monoisotopic (exact) mass is 1310 g/mol. The molecule has 8 aromatic carbocycles. The van der Waals surface area contributed by atoms with E-state index in [4.69, 9.17) is 29.5 Å². The zero-order valence-electron chi connectivity index (χ0n) is 61.2. The van der Waals surface area contributed by atoms with Gasteiger partial charge in [0.1, 0.15) is 34.5 Å². The molecule has 8 heteroatoms. The van der Waals surface area contributed by atoms with Crippen LogP contribution >= 0.6 is 0 Å². The fraction of sp³-hybridized carbons (Fsp3) is 0.444. The number of hydrogen-bond acceptors (Lipinski definition) is 8. The number of phenols is 2. The number of hydrogen-bond donors (Lipinski definition) is 2. The lowest BCUT2D eigenvalue weighted by molar-refractivity contribution is 0.297. The molecule has 0 atom stereocenters. The summed E-state index contributed by atoms with van der Waals surface area (Å²) in [5.41, 5.74) is 17.4. The fourth-order valence-corrected chi connectivity index (χ4v) is 13.2. The molecule has 516 valence electrons. The van der Waals surface area contributed by atoms with Gasteiger partial charge in [-0.1, -0.05) is 257 Å². The lowest BCUT2D eigenvalue weighted by Crippen LogP contribution is -2.17. The lowest BCUT2D eigenvalue weighted by atomic mass is 9.79. The topological polar surface area (TPSA) is 125 Å². The third kappa shape index (κ3) is 20.8. The van der Waals surface area contributed by atoms with Crippen LogP contribution < -0.4 is 18.9 Å². The van der Waals surface area contributed by atoms with Crippen molar-refractivity contribution in [3.63, 3.8) is 0 Å². The molecule has 0 amide bonds. The Balaban J connectivity index is 0.878. The van der Waals surface area contributed by atoms with E-state index in [1.807, 2.05) is 72.8 Å². The number of rotatable bonds is 28. The molecule has 0 unspecified atom stereocenters. The highest BCUT2D eigenvalue weighted by Gasteiger charge is 2.29. The summed E-state index contributed by atoms with van der Waals surface area (Å²) in [6.07, 6.45) is 19.7. The number of aromatic hydroxyl groups is 2. The molecule has 0 aliphatic heterocycles. The van der Waals surface area contributed by atoms with Crippen LogP contribution in [0.2, 0.25) is 0 Å². The third-order valence-corrected chi connectivity index (χ3v) is 19.5. The van der Waals surface area contributed by atoms with Crippen molar-refractivity contribution < 1.29 is 29.2 Å². The fourth-order valence-electron chi connectivity index (χ4n) is 13.2. The Labute approximate surface area is 588 Å². The molecule has 98 heavy (non-hydrogen) atoms. The Kier molecular flexibility index (Phi) is 25.5. The Bertz CT molecular complexity index is 3630. The highest BCUT2D eigenvalue weighted by molar-refractivity contribution is 5.67. The van der Waals surface area contributed by atoms with Gasteiger partial charge in [0, 0.05) is 25.7 Å². The van der Waals surface area contributed by atoms with E-state index in [2.05, 4.69) is 168 Å². The van der Waals surface area contributed by atoms with Crippen molar-refractivity contribution in [3.8, 4) is 68.9 Å². The predicted molar refractivity (Wildman–Crippen MR) is 404 cm³/mol. The highest BCUT2D eigenvalue weighted by Crippen LogP contribution is 2.44. The van der Waals surface area contributed by atoms with Crippen molar-refractivity contribution in [2.75, 3.05) is 26.4 Å². The first-order valence-electron chi connectivity index (χ1n) is 36.6. The van der Waals surface area contributed by atoms with Gasteiger partial charge in [0.15, 0.2) is 0 Å². The number of unbranched alkanes of at least 4 members (excludes halogenated alkanes) is 14. The van der Waals surface area contributed by atoms with E-state index in [0.29, 0.717) is 74.7 Å². The number of nitriles is 2. The second-order valence-corrected chi connectivity index (χ2v) is 31.7. The van der Waals surface area contributed by atoms with Crippen molar-refractivity contribution in [1.82, 2.24) is 0 Å². The molecule has 0 saturated heterocycles. The van der Waals surface area contributed by atoms with E-state index in [1.165, 1.54) is 60.8 Å². The second-order valence-electron chi connectivity index (χ2n) is 31.7. The molecular weight excluding hydrogens is 1200 g/mol. The molecule has 0 spiro atoms. The van der Waals surface area contributed by atoms with Gasteiger partial charge in [-0.15, -0.1) is 0 Å². The molecule has 0 saturated carbocycles. The molecule has 1 aliphatic carbocycles. The van der Waals surface area contributed by atoms with Crippen LogP contribution in [0.3, 0.4) is 0 Å². The number of benzene rings is 8. The summed E-state index contributed by atoms with van der Waals surface area (Å²) in [6, 6.07) is 54.4. The largest absolute Gasteiger partial charge is 0.507 e. The first-order valence-corrected chi connectivity index (χ1v) is 36.6. The average Bonchev–Trinajstić information content (AvgIpc) is 0.770. The number of nitrogens with zero attached hydrogens (tertiary/aromatic N) is 2. The molecular formula is C90H110N2O6. The zero-order chi connectivity index (χ0) is 70.0. The van der Waals surface area contributed by atoms with Crippen molar-refractivity contribution in [1.29, 1.82) is 10.5 Å². The zero-order valence-corrected chi connectivity index (χ0v) is 61.2. The Morgan fingerprint density at radius 2 is 0.490 bits per heavy atom. The maximum absolute atomic E-state index is 12.9. The lowest BCUT2D eigenvalue weighted by Gasteiger charge is -2.28. The van der Waals surface area contributed by atoms with Gasteiger partial charge in [0.25, 0.3) is 0 Å². The van der Waals surface area contributed by atoms with E-state index in [1.54, 1.807) is 0 Å². The molecule has 1 aliphatic rings. The van der Waals surface area contributed by atoms with Crippen LogP contribution in [-0.2, 0) is 47.3 Å². The van der Waals surface area contributed by atoms with Crippen LogP contribution in [0.4, 0.5) is 0 Å². The smallest absolute Gasteiger partial charge is 0.126 e. The van der Waals surface area contributed by atoms with Crippen LogP contribution in [0.1, 0.15) is 264 Å². The summed E-state index contributed by atoms with van der Waals surface area (Å²) in [5.74, 6) is 4.13. The van der Waals surface area contributed by atoms with Crippen molar-refractivity contribution in [2.45, 2.75) is 233 Å². The van der Waals surface area contributed by atoms with Crippen LogP contribution in [0, 0.1) is 22.7 Å². The van der Waals surface area contributed by atoms with E-state index >= 15 is 0 Å². The Hall–Kier alpha value is -8.46. The van der Waals surface area contributed by atoms with Crippen LogP contribution in [0.15, 0.2) is 146 Å². The summed E-state index contributed by atoms with van der Waals surface area (Å²) < 4.78 is 26.5. The van der Waals surface area contributed by atoms with Gasteiger partial charge in [0.05, 0.1) is 49.7 Å². The third-order valence-electron chi connectivity index (χ3n) is 19.5. The van der Waals surface area contributed by atoms with Gasteiger partial charge in [-0.05, 0) is 185 Å². The molecule has 0 heterocycles. The molecule has 2 N–H and O–H groups in total. The quantitative estimate of drug-likeness (QED) is 0.0465. The maximum atomic E-state index is 12.9. The minimum Gasteiger partial charge on any atom is -0.507 e. The minimum atomic E-state index is -0.200. The van der Waals surface area contributed by atoms with Crippen LogP contribution in [-0.4, -0.2) is 36.6 Å². The van der Waals surface area contributed by atoms with Gasteiger partial charge in [-0.2, -0.15) is 10.5 Å². The van der Waals surface area contributed by atoms with Crippen molar-refractivity contribution >= 4 is 0 Å². The van der Waals surface area contributed by atoms with Crippen LogP contribution in [0.5, 0.6) is 34.5 Å². The van der Waals surface area contributed by atoms with E-state index in [0.717, 1.165) is 154 Å². The molecule has 0 radical (unpaired) electrons. The maximum Gasteiger partial charge on any atom is 0.126 e. The predicted octanol–water partition coefficient (Wildman–Crippen LogP) is 23.2. The van der Waals surface area contributed by atoms with Crippen molar-refractivity contribution in [2.24, 2.45) is 0 Å². The average molecular weight is 1320 g/mol. The second kappa shape index (κ2) is 33.9.